The zero-order valence-corrected chi connectivity index (χ0v) is 17.6. The Morgan fingerprint density at radius 3 is 2.57 bits per heavy atom. The quantitative estimate of drug-likeness (QED) is 0.495. The van der Waals surface area contributed by atoms with Crippen molar-refractivity contribution in [1.82, 2.24) is 14.9 Å². The van der Waals surface area contributed by atoms with Gasteiger partial charge in [0.1, 0.15) is 5.82 Å². The second kappa shape index (κ2) is 8.95. The van der Waals surface area contributed by atoms with Gasteiger partial charge in [-0.2, -0.15) is 0 Å². The number of hydrogen-bond acceptors (Lipinski definition) is 2. The molecule has 0 aliphatic rings. The first kappa shape index (κ1) is 19.9. The van der Waals surface area contributed by atoms with Crippen LogP contribution in [0.1, 0.15) is 28.1 Å². The molecule has 4 rings (SSSR count). The van der Waals surface area contributed by atoms with E-state index in [1.807, 2.05) is 42.5 Å². The average molecular weight is 398 g/mol. The van der Waals surface area contributed by atoms with Gasteiger partial charge >= 0.3 is 0 Å². The van der Waals surface area contributed by atoms with Gasteiger partial charge in [-0.15, -0.1) is 0 Å². The fraction of sp³-hybridized carbons (Fsp3) is 0.231. The van der Waals surface area contributed by atoms with Crippen molar-refractivity contribution in [3.8, 4) is 0 Å². The van der Waals surface area contributed by atoms with Crippen molar-refractivity contribution in [3.05, 3.63) is 101 Å². The first-order valence-corrected chi connectivity index (χ1v) is 10.4. The second-order valence-electron chi connectivity index (χ2n) is 7.80. The monoisotopic (exact) mass is 397 g/mol. The third-order valence-electron chi connectivity index (χ3n) is 5.44. The summed E-state index contributed by atoms with van der Waals surface area (Å²) in [5.74, 6) is 1.04. The summed E-state index contributed by atoms with van der Waals surface area (Å²) in [4.78, 5) is 17.1. The first-order chi connectivity index (χ1) is 14.6. The Morgan fingerprint density at radius 1 is 0.967 bits per heavy atom. The van der Waals surface area contributed by atoms with Gasteiger partial charge in [-0.1, -0.05) is 66.2 Å². The zero-order valence-electron chi connectivity index (χ0n) is 17.6. The number of hydrogen-bond donors (Lipinski definition) is 1. The van der Waals surface area contributed by atoms with Gasteiger partial charge in [0.2, 0.25) is 5.91 Å². The van der Waals surface area contributed by atoms with Gasteiger partial charge in [0, 0.05) is 19.5 Å². The molecule has 0 fully saturated rings. The Balaban J connectivity index is 1.50. The summed E-state index contributed by atoms with van der Waals surface area (Å²) in [7, 11) is 0. The van der Waals surface area contributed by atoms with Crippen molar-refractivity contribution in [1.29, 1.82) is 0 Å². The van der Waals surface area contributed by atoms with Gasteiger partial charge in [-0.05, 0) is 42.7 Å². The maximum Gasteiger partial charge on any atom is 0.224 e. The molecule has 0 saturated carbocycles. The minimum atomic E-state index is 0.0402. The molecule has 0 radical (unpaired) electrons. The third kappa shape index (κ3) is 4.60. The molecule has 1 heterocycles. The number of nitrogens with one attached hydrogen (secondary N) is 1. The zero-order chi connectivity index (χ0) is 20.9. The molecule has 30 heavy (non-hydrogen) atoms. The molecule has 0 saturated heterocycles. The van der Waals surface area contributed by atoms with Gasteiger partial charge in [-0.3, -0.25) is 4.79 Å². The SMILES string of the molecule is Cc1ccc(C)c(Cn2c(CCNC(=O)Cc3ccccc3)nc3ccccc32)c1. The Labute approximate surface area is 177 Å². The van der Waals surface area contributed by atoms with Gasteiger partial charge in [0.05, 0.1) is 17.5 Å². The van der Waals surface area contributed by atoms with Gasteiger partial charge in [0.15, 0.2) is 0 Å². The summed E-state index contributed by atoms with van der Waals surface area (Å²) in [6.45, 7) is 5.62. The molecule has 3 aromatic carbocycles. The summed E-state index contributed by atoms with van der Waals surface area (Å²) >= 11 is 0. The number of aryl methyl sites for hydroxylation is 2. The van der Waals surface area contributed by atoms with E-state index in [1.54, 1.807) is 0 Å². The second-order valence-corrected chi connectivity index (χ2v) is 7.80. The molecule has 1 aromatic heterocycles. The van der Waals surface area contributed by atoms with E-state index in [0.717, 1.165) is 29.0 Å². The van der Waals surface area contributed by atoms with Crippen LogP contribution < -0.4 is 5.32 Å². The van der Waals surface area contributed by atoms with Crippen LogP contribution in [0.15, 0.2) is 72.8 Å². The molecule has 0 unspecified atom stereocenters. The van der Waals surface area contributed by atoms with Crippen molar-refractivity contribution in [2.45, 2.75) is 33.2 Å². The molecule has 0 aliphatic heterocycles. The van der Waals surface area contributed by atoms with Crippen molar-refractivity contribution in [3.63, 3.8) is 0 Å². The molecule has 0 bridgehead atoms. The van der Waals surface area contributed by atoms with Crippen LogP contribution in [0.3, 0.4) is 0 Å². The van der Waals surface area contributed by atoms with Crippen molar-refractivity contribution >= 4 is 16.9 Å². The lowest BCUT2D eigenvalue weighted by Gasteiger charge is -2.13. The maximum absolute atomic E-state index is 12.3. The van der Waals surface area contributed by atoms with Crippen LogP contribution in [-0.4, -0.2) is 22.0 Å². The molecule has 0 aliphatic carbocycles. The minimum absolute atomic E-state index is 0.0402. The average Bonchev–Trinajstić information content (AvgIpc) is 3.09. The Hall–Kier alpha value is -3.40. The van der Waals surface area contributed by atoms with E-state index in [4.69, 9.17) is 4.98 Å². The standard InChI is InChI=1S/C26H27N3O/c1-19-12-13-20(2)22(16-19)18-29-24-11-7-6-10-23(24)28-25(29)14-15-27-26(30)17-21-8-4-3-5-9-21/h3-13,16H,14-15,17-18H2,1-2H3,(H,27,30). The molecule has 1 N–H and O–H groups in total. The lowest BCUT2D eigenvalue weighted by Crippen LogP contribution is -2.28. The number of amides is 1. The molecule has 152 valence electrons. The Morgan fingerprint density at radius 2 is 1.73 bits per heavy atom. The number of carbonyl (C=O) groups excluding carboxylic acids is 1. The van der Waals surface area contributed by atoms with Crippen LogP contribution in [0.5, 0.6) is 0 Å². The van der Waals surface area contributed by atoms with Crippen LogP contribution in [0.4, 0.5) is 0 Å². The molecule has 4 aromatic rings. The van der Waals surface area contributed by atoms with E-state index in [2.05, 4.69) is 54.1 Å². The van der Waals surface area contributed by atoms with Crippen LogP contribution in [0.2, 0.25) is 0 Å². The number of carbonyl (C=O) groups is 1. The van der Waals surface area contributed by atoms with Crippen LogP contribution in [-0.2, 0) is 24.2 Å². The minimum Gasteiger partial charge on any atom is -0.355 e. The molecule has 1 amide bonds. The molecule has 0 spiro atoms. The summed E-state index contributed by atoms with van der Waals surface area (Å²) in [5.41, 5.74) is 6.98. The van der Waals surface area contributed by atoms with E-state index in [9.17, 15) is 4.79 Å². The van der Waals surface area contributed by atoms with Crippen LogP contribution >= 0.6 is 0 Å². The van der Waals surface area contributed by atoms with E-state index >= 15 is 0 Å². The van der Waals surface area contributed by atoms with E-state index < -0.39 is 0 Å². The molecule has 4 nitrogen and oxygen atoms in total. The number of fused-ring (bicyclic) bond motifs is 1. The lowest BCUT2D eigenvalue weighted by molar-refractivity contribution is -0.120. The van der Waals surface area contributed by atoms with Gasteiger partial charge < -0.3 is 9.88 Å². The molecule has 4 heteroatoms. The van der Waals surface area contributed by atoms with Crippen molar-refractivity contribution in [2.24, 2.45) is 0 Å². The smallest absolute Gasteiger partial charge is 0.224 e. The molecular weight excluding hydrogens is 370 g/mol. The fourth-order valence-corrected chi connectivity index (χ4v) is 3.79. The normalized spacial score (nSPS) is 11.0. The highest BCUT2D eigenvalue weighted by Gasteiger charge is 2.12. The largest absolute Gasteiger partial charge is 0.355 e. The van der Waals surface area contributed by atoms with Gasteiger partial charge in [0.25, 0.3) is 0 Å². The third-order valence-corrected chi connectivity index (χ3v) is 5.44. The highest BCUT2D eigenvalue weighted by Crippen LogP contribution is 2.20. The molecule has 0 atom stereocenters. The predicted molar refractivity (Wildman–Crippen MR) is 122 cm³/mol. The summed E-state index contributed by atoms with van der Waals surface area (Å²) < 4.78 is 2.28. The number of imidazole rings is 1. The number of nitrogens with zero attached hydrogens (tertiary/aromatic N) is 2. The highest BCUT2D eigenvalue weighted by molar-refractivity contribution is 5.78. The number of aromatic nitrogens is 2. The van der Waals surface area contributed by atoms with Gasteiger partial charge in [-0.25, -0.2) is 4.98 Å². The number of rotatable bonds is 7. The summed E-state index contributed by atoms with van der Waals surface area (Å²) in [6.07, 6.45) is 1.10. The van der Waals surface area contributed by atoms with E-state index in [-0.39, 0.29) is 5.91 Å². The lowest BCUT2D eigenvalue weighted by atomic mass is 10.1. The topological polar surface area (TPSA) is 46.9 Å². The number of benzene rings is 3. The Bertz CT molecular complexity index is 1160. The number of para-hydroxylation sites is 2. The van der Waals surface area contributed by atoms with Crippen LogP contribution in [0, 0.1) is 13.8 Å². The fourth-order valence-electron chi connectivity index (χ4n) is 3.79. The van der Waals surface area contributed by atoms with E-state index in [1.165, 1.54) is 16.7 Å². The first-order valence-electron chi connectivity index (χ1n) is 10.4. The van der Waals surface area contributed by atoms with Crippen molar-refractivity contribution in [2.75, 3.05) is 6.54 Å². The highest BCUT2D eigenvalue weighted by atomic mass is 16.1. The van der Waals surface area contributed by atoms with E-state index in [0.29, 0.717) is 19.4 Å². The molecular formula is C26H27N3O. The van der Waals surface area contributed by atoms with Crippen molar-refractivity contribution < 1.29 is 4.79 Å². The Kier molecular flexibility index (Phi) is 5.94. The predicted octanol–water partition coefficient (Wildman–Crippen LogP) is 4.60. The van der Waals surface area contributed by atoms with Crippen LogP contribution in [0.25, 0.3) is 11.0 Å². The summed E-state index contributed by atoms with van der Waals surface area (Å²) in [5, 5.41) is 3.04. The summed E-state index contributed by atoms with van der Waals surface area (Å²) in [6, 6.07) is 24.6. The maximum atomic E-state index is 12.3.